The van der Waals surface area contributed by atoms with Crippen molar-refractivity contribution in [2.75, 3.05) is 19.8 Å². The van der Waals surface area contributed by atoms with Crippen LogP contribution in [0, 0.1) is 0 Å². The smallest absolute Gasteiger partial charge is 0.274 e. The van der Waals surface area contributed by atoms with Crippen molar-refractivity contribution in [3.05, 3.63) is 64.2 Å². The van der Waals surface area contributed by atoms with E-state index in [0.717, 1.165) is 54.2 Å². The van der Waals surface area contributed by atoms with E-state index in [1.54, 1.807) is 0 Å². The Balaban J connectivity index is 1.49. The number of hydrogen-bond donors (Lipinski definition) is 2. The number of ether oxygens (including phenoxy) is 2. The van der Waals surface area contributed by atoms with Gasteiger partial charge in [-0.25, -0.2) is 9.86 Å². The zero-order valence-corrected chi connectivity index (χ0v) is 18.6. The van der Waals surface area contributed by atoms with Crippen molar-refractivity contribution in [2.45, 2.75) is 44.6 Å². The van der Waals surface area contributed by atoms with Crippen LogP contribution in [-0.2, 0) is 21.4 Å². The average molecular weight is 453 g/mol. The second-order valence-electron chi connectivity index (χ2n) is 7.52. The number of rotatable bonds is 10. The molecule has 1 aliphatic heterocycles. The summed E-state index contributed by atoms with van der Waals surface area (Å²) in [7, 11) is -3.61. The molecule has 8 heteroatoms. The molecule has 3 rings (SSSR count). The van der Waals surface area contributed by atoms with Gasteiger partial charge in [0, 0.05) is 18.2 Å². The van der Waals surface area contributed by atoms with Gasteiger partial charge in [-0.2, -0.15) is 8.42 Å². The predicted octanol–water partition coefficient (Wildman–Crippen LogP) is 4.12. The van der Waals surface area contributed by atoms with Gasteiger partial charge in [-0.15, -0.1) is 0 Å². The number of hydrogen-bond acceptors (Lipinski definition) is 4. The number of nitrogens with one attached hydrogen (secondary N) is 1. The molecule has 6 nitrogen and oxygen atoms in total. The van der Waals surface area contributed by atoms with E-state index < -0.39 is 10.2 Å². The highest BCUT2D eigenvalue weighted by Gasteiger charge is 2.17. The average Bonchev–Trinajstić information content (AvgIpc) is 2.73. The first-order valence-corrected chi connectivity index (χ1v) is 12.2. The molecule has 2 aromatic rings. The predicted molar refractivity (Wildman–Crippen MR) is 119 cm³/mol. The molecule has 0 amide bonds. The third kappa shape index (κ3) is 7.56. The summed E-state index contributed by atoms with van der Waals surface area (Å²) in [4.78, 5) is 0. The van der Waals surface area contributed by atoms with Gasteiger partial charge >= 0.3 is 0 Å². The molecule has 1 aliphatic rings. The molecule has 1 atom stereocenters. The van der Waals surface area contributed by atoms with Crippen LogP contribution >= 0.6 is 11.6 Å². The van der Waals surface area contributed by atoms with Crippen LogP contribution in [0.25, 0.3) is 0 Å². The van der Waals surface area contributed by atoms with Crippen molar-refractivity contribution in [3.8, 4) is 5.75 Å². The molecule has 2 aromatic carbocycles. The third-order valence-corrected chi connectivity index (χ3v) is 6.06. The Morgan fingerprint density at radius 1 is 1.13 bits per heavy atom. The lowest BCUT2D eigenvalue weighted by Gasteiger charge is -2.23. The Hall–Kier alpha value is -1.64. The Morgan fingerprint density at radius 3 is 2.63 bits per heavy atom. The third-order valence-electron chi connectivity index (χ3n) is 5.08. The summed E-state index contributed by atoms with van der Waals surface area (Å²) < 4.78 is 35.5. The van der Waals surface area contributed by atoms with Gasteiger partial charge in [0.1, 0.15) is 5.75 Å². The molecule has 1 saturated heterocycles. The SMILES string of the molecule is NS(=O)(=O)NCCCCOc1ccc(Cc2cc(C3CCCCO3)ccc2Cl)cc1. The molecule has 3 N–H and O–H groups in total. The summed E-state index contributed by atoms with van der Waals surface area (Å²) in [5.41, 5.74) is 3.45. The Bertz CT molecular complexity index is 913. The van der Waals surface area contributed by atoms with Crippen LogP contribution in [0.15, 0.2) is 42.5 Å². The maximum atomic E-state index is 10.8. The standard InChI is InChI=1S/C22H29ClN2O4S/c23-21-11-8-18(22-5-1-3-14-29-22)16-19(21)15-17-6-9-20(10-7-17)28-13-4-2-12-25-30(24,26)27/h6-11,16,22,25H,1-5,12-15H2,(H2,24,26,27). The minimum Gasteiger partial charge on any atom is -0.494 e. The molecular formula is C22H29ClN2O4S. The van der Waals surface area contributed by atoms with E-state index >= 15 is 0 Å². The maximum absolute atomic E-state index is 10.8. The molecular weight excluding hydrogens is 424 g/mol. The highest BCUT2D eigenvalue weighted by atomic mass is 35.5. The van der Waals surface area contributed by atoms with Crippen LogP contribution in [0.4, 0.5) is 0 Å². The summed E-state index contributed by atoms with van der Waals surface area (Å²) in [6, 6.07) is 14.2. The fourth-order valence-corrected chi connectivity index (χ4v) is 4.10. The minimum atomic E-state index is -3.61. The van der Waals surface area contributed by atoms with Crippen molar-refractivity contribution in [1.82, 2.24) is 4.72 Å². The van der Waals surface area contributed by atoms with Crippen molar-refractivity contribution in [2.24, 2.45) is 5.14 Å². The summed E-state index contributed by atoms with van der Waals surface area (Å²) in [6.07, 6.45) is 5.71. The van der Waals surface area contributed by atoms with Crippen LogP contribution in [0.1, 0.15) is 54.9 Å². The molecule has 0 bridgehead atoms. The summed E-state index contributed by atoms with van der Waals surface area (Å²) in [6.45, 7) is 1.65. The molecule has 1 fully saturated rings. The van der Waals surface area contributed by atoms with Crippen LogP contribution in [0.3, 0.4) is 0 Å². The second kappa shape index (κ2) is 11.1. The number of halogens is 1. The normalized spacial score (nSPS) is 17.1. The van der Waals surface area contributed by atoms with E-state index in [1.807, 2.05) is 30.3 Å². The van der Waals surface area contributed by atoms with Gasteiger partial charge in [0.05, 0.1) is 12.7 Å². The van der Waals surface area contributed by atoms with Gasteiger partial charge in [0.2, 0.25) is 0 Å². The first-order chi connectivity index (χ1) is 14.4. The van der Waals surface area contributed by atoms with Crippen molar-refractivity contribution < 1.29 is 17.9 Å². The Labute approximate surface area is 183 Å². The fourth-order valence-electron chi connectivity index (χ4n) is 3.49. The van der Waals surface area contributed by atoms with E-state index in [4.69, 9.17) is 26.2 Å². The highest BCUT2D eigenvalue weighted by molar-refractivity contribution is 7.87. The first kappa shape index (κ1) is 23.0. The molecule has 0 radical (unpaired) electrons. The van der Waals surface area contributed by atoms with E-state index in [2.05, 4.69) is 16.9 Å². The van der Waals surface area contributed by atoms with Crippen LogP contribution in [-0.4, -0.2) is 28.2 Å². The molecule has 30 heavy (non-hydrogen) atoms. The lowest BCUT2D eigenvalue weighted by molar-refractivity contribution is 0.0149. The zero-order chi connectivity index (χ0) is 21.4. The van der Waals surface area contributed by atoms with Crippen LogP contribution < -0.4 is 14.6 Å². The summed E-state index contributed by atoms with van der Waals surface area (Å²) in [5.74, 6) is 0.786. The molecule has 164 valence electrons. The molecule has 1 heterocycles. The molecule has 0 saturated carbocycles. The van der Waals surface area contributed by atoms with Crippen LogP contribution in [0.5, 0.6) is 5.75 Å². The number of unbranched alkanes of at least 4 members (excludes halogenated alkanes) is 1. The summed E-state index contributed by atoms with van der Waals surface area (Å²) in [5, 5.41) is 5.65. The van der Waals surface area contributed by atoms with Gasteiger partial charge < -0.3 is 9.47 Å². The largest absolute Gasteiger partial charge is 0.494 e. The Kier molecular flexibility index (Phi) is 8.53. The zero-order valence-electron chi connectivity index (χ0n) is 17.0. The number of nitrogens with two attached hydrogens (primary N) is 1. The highest BCUT2D eigenvalue weighted by Crippen LogP contribution is 2.31. The molecule has 0 aromatic heterocycles. The topological polar surface area (TPSA) is 90.7 Å². The van der Waals surface area contributed by atoms with Crippen molar-refractivity contribution in [1.29, 1.82) is 0 Å². The molecule has 1 unspecified atom stereocenters. The molecule has 0 spiro atoms. The van der Waals surface area contributed by atoms with Gasteiger partial charge in [-0.1, -0.05) is 35.9 Å². The monoisotopic (exact) mass is 452 g/mol. The van der Waals surface area contributed by atoms with E-state index in [9.17, 15) is 8.42 Å². The van der Waals surface area contributed by atoms with Gasteiger partial charge in [-0.05, 0) is 73.4 Å². The van der Waals surface area contributed by atoms with Crippen molar-refractivity contribution in [3.63, 3.8) is 0 Å². The van der Waals surface area contributed by atoms with Crippen molar-refractivity contribution >= 4 is 21.8 Å². The lowest BCUT2D eigenvalue weighted by Crippen LogP contribution is -2.31. The number of benzene rings is 2. The fraction of sp³-hybridized carbons (Fsp3) is 0.455. The Morgan fingerprint density at radius 2 is 1.93 bits per heavy atom. The van der Waals surface area contributed by atoms with E-state index in [1.165, 1.54) is 12.0 Å². The first-order valence-electron chi connectivity index (χ1n) is 10.3. The van der Waals surface area contributed by atoms with Gasteiger partial charge in [0.25, 0.3) is 10.2 Å². The van der Waals surface area contributed by atoms with Gasteiger partial charge in [0.15, 0.2) is 0 Å². The lowest BCUT2D eigenvalue weighted by atomic mass is 9.97. The second-order valence-corrected chi connectivity index (χ2v) is 9.31. The van der Waals surface area contributed by atoms with Crippen LogP contribution in [0.2, 0.25) is 5.02 Å². The molecule has 0 aliphatic carbocycles. The van der Waals surface area contributed by atoms with E-state index in [0.29, 0.717) is 19.6 Å². The maximum Gasteiger partial charge on any atom is 0.274 e. The quantitative estimate of drug-likeness (QED) is 0.530. The van der Waals surface area contributed by atoms with E-state index in [-0.39, 0.29) is 6.10 Å². The minimum absolute atomic E-state index is 0.172. The summed E-state index contributed by atoms with van der Waals surface area (Å²) >= 11 is 6.44. The van der Waals surface area contributed by atoms with Gasteiger partial charge in [-0.3, -0.25) is 0 Å².